The molecule has 0 aliphatic heterocycles. The van der Waals surface area contributed by atoms with Gasteiger partial charge in [-0.1, -0.05) is 24.3 Å². The number of fused-ring (bicyclic) bond motifs is 1. The van der Waals surface area contributed by atoms with Crippen molar-refractivity contribution in [2.75, 3.05) is 20.8 Å². The van der Waals surface area contributed by atoms with Crippen molar-refractivity contribution >= 4 is 16.9 Å². The van der Waals surface area contributed by atoms with Crippen LogP contribution in [-0.2, 0) is 11.3 Å². The van der Waals surface area contributed by atoms with Crippen LogP contribution in [0, 0.1) is 0 Å². The number of carbonyl (C=O) groups excluding carboxylic acids is 1. The largest absolute Gasteiger partial charge is 0.496 e. The predicted molar refractivity (Wildman–Crippen MR) is 100 cm³/mol. The van der Waals surface area contributed by atoms with Crippen molar-refractivity contribution in [1.82, 2.24) is 14.9 Å². The molecule has 0 unspecified atom stereocenters. The number of methoxy groups -OCH3 is 2. The Kier molecular flexibility index (Phi) is 5.53. The zero-order valence-electron chi connectivity index (χ0n) is 15.2. The Balaban J connectivity index is 1.89. The molecule has 3 aromatic rings. The van der Waals surface area contributed by atoms with Crippen LogP contribution in [0.4, 0.5) is 0 Å². The lowest BCUT2D eigenvalue weighted by Gasteiger charge is -2.17. The van der Waals surface area contributed by atoms with Gasteiger partial charge in [0.15, 0.2) is 0 Å². The van der Waals surface area contributed by atoms with Gasteiger partial charge in [-0.3, -0.25) is 4.79 Å². The van der Waals surface area contributed by atoms with Crippen molar-refractivity contribution in [2.24, 2.45) is 0 Å². The van der Waals surface area contributed by atoms with Crippen molar-refractivity contribution in [3.8, 4) is 5.75 Å². The molecular weight excluding hydrogens is 330 g/mol. The summed E-state index contributed by atoms with van der Waals surface area (Å²) in [7, 11) is 3.23. The molecule has 26 heavy (non-hydrogen) atoms. The second-order valence-corrected chi connectivity index (χ2v) is 6.00. The summed E-state index contributed by atoms with van der Waals surface area (Å²) < 4.78 is 12.6. The second kappa shape index (κ2) is 8.01. The zero-order chi connectivity index (χ0) is 18.5. The number of para-hydroxylation sites is 3. The molecule has 136 valence electrons. The van der Waals surface area contributed by atoms with Crippen LogP contribution in [-0.4, -0.2) is 36.3 Å². The molecule has 0 saturated heterocycles. The van der Waals surface area contributed by atoms with Gasteiger partial charge in [0.05, 0.1) is 36.4 Å². The van der Waals surface area contributed by atoms with Crippen LogP contribution in [0.25, 0.3) is 11.0 Å². The SMILES string of the molecule is COCCn1c([C@H](C)NC(=O)c2ccccc2OC)nc2ccccc21. The van der Waals surface area contributed by atoms with Crippen LogP contribution in [0.5, 0.6) is 5.75 Å². The van der Waals surface area contributed by atoms with Gasteiger partial charge >= 0.3 is 0 Å². The van der Waals surface area contributed by atoms with Gasteiger partial charge in [0.2, 0.25) is 0 Å². The Morgan fingerprint density at radius 3 is 2.65 bits per heavy atom. The van der Waals surface area contributed by atoms with Crippen LogP contribution < -0.4 is 10.1 Å². The van der Waals surface area contributed by atoms with Gasteiger partial charge in [0.1, 0.15) is 11.6 Å². The number of hydrogen-bond acceptors (Lipinski definition) is 4. The molecule has 0 spiro atoms. The summed E-state index contributed by atoms with van der Waals surface area (Å²) in [4.78, 5) is 17.4. The highest BCUT2D eigenvalue weighted by molar-refractivity contribution is 5.97. The van der Waals surface area contributed by atoms with Gasteiger partial charge in [-0.25, -0.2) is 4.98 Å². The maximum absolute atomic E-state index is 12.7. The normalized spacial score (nSPS) is 12.1. The van der Waals surface area contributed by atoms with E-state index in [0.29, 0.717) is 24.5 Å². The fourth-order valence-corrected chi connectivity index (χ4v) is 3.01. The van der Waals surface area contributed by atoms with Gasteiger partial charge < -0.3 is 19.4 Å². The van der Waals surface area contributed by atoms with Gasteiger partial charge in [-0.2, -0.15) is 0 Å². The first kappa shape index (κ1) is 17.9. The highest BCUT2D eigenvalue weighted by Crippen LogP contribution is 2.22. The molecule has 0 fully saturated rings. The molecule has 1 N–H and O–H groups in total. The Morgan fingerprint density at radius 1 is 1.15 bits per heavy atom. The summed E-state index contributed by atoms with van der Waals surface area (Å²) >= 11 is 0. The topological polar surface area (TPSA) is 65.4 Å². The van der Waals surface area contributed by atoms with E-state index in [1.807, 2.05) is 43.3 Å². The molecule has 1 atom stereocenters. The molecule has 1 aromatic heterocycles. The summed E-state index contributed by atoms with van der Waals surface area (Å²) in [5.74, 6) is 1.15. The van der Waals surface area contributed by atoms with Gasteiger partial charge in [-0.05, 0) is 31.2 Å². The Hall–Kier alpha value is -2.86. The monoisotopic (exact) mass is 353 g/mol. The van der Waals surface area contributed by atoms with E-state index in [0.717, 1.165) is 16.9 Å². The average molecular weight is 353 g/mol. The Bertz CT molecular complexity index is 904. The molecule has 0 saturated carbocycles. The summed E-state index contributed by atoms with van der Waals surface area (Å²) in [6.45, 7) is 3.17. The molecule has 2 aromatic carbocycles. The Labute approximate surface area is 152 Å². The summed E-state index contributed by atoms with van der Waals surface area (Å²) in [6, 6.07) is 14.8. The van der Waals surface area contributed by atoms with Crippen molar-refractivity contribution < 1.29 is 14.3 Å². The molecular formula is C20H23N3O3. The van der Waals surface area contributed by atoms with Crippen LogP contribution in [0.15, 0.2) is 48.5 Å². The minimum atomic E-state index is -0.267. The molecule has 3 rings (SSSR count). The number of benzene rings is 2. The van der Waals surface area contributed by atoms with Crippen molar-refractivity contribution in [1.29, 1.82) is 0 Å². The standard InChI is InChI=1S/C20H23N3O3/c1-14(21-20(24)15-8-4-7-11-18(15)26-3)19-22-16-9-5-6-10-17(16)23(19)12-13-25-2/h4-11,14H,12-13H2,1-3H3,(H,21,24)/t14-/m0/s1. The van der Waals surface area contributed by atoms with Crippen molar-refractivity contribution in [2.45, 2.75) is 19.5 Å². The van der Waals surface area contributed by atoms with Crippen LogP contribution in [0.3, 0.4) is 0 Å². The number of nitrogens with zero attached hydrogens (tertiary/aromatic N) is 2. The van der Waals surface area contributed by atoms with E-state index in [1.165, 1.54) is 0 Å². The summed E-state index contributed by atoms with van der Waals surface area (Å²) in [5.41, 5.74) is 2.43. The van der Waals surface area contributed by atoms with Gasteiger partial charge in [0, 0.05) is 13.7 Å². The summed E-state index contributed by atoms with van der Waals surface area (Å²) in [5, 5.41) is 3.02. The highest BCUT2D eigenvalue weighted by atomic mass is 16.5. The number of imidazole rings is 1. The average Bonchev–Trinajstić information content (AvgIpc) is 3.05. The number of aromatic nitrogens is 2. The molecule has 1 heterocycles. The quantitative estimate of drug-likeness (QED) is 0.708. The van der Waals surface area contributed by atoms with Gasteiger partial charge in [-0.15, -0.1) is 0 Å². The van der Waals surface area contributed by atoms with E-state index in [9.17, 15) is 4.79 Å². The lowest BCUT2D eigenvalue weighted by atomic mass is 10.1. The first-order chi connectivity index (χ1) is 12.7. The lowest BCUT2D eigenvalue weighted by Crippen LogP contribution is -2.29. The number of nitrogens with one attached hydrogen (secondary N) is 1. The molecule has 0 aliphatic rings. The second-order valence-electron chi connectivity index (χ2n) is 6.00. The van der Waals surface area contributed by atoms with Crippen molar-refractivity contribution in [3.63, 3.8) is 0 Å². The summed E-state index contributed by atoms with van der Waals surface area (Å²) in [6.07, 6.45) is 0. The first-order valence-electron chi connectivity index (χ1n) is 8.53. The maximum atomic E-state index is 12.7. The Morgan fingerprint density at radius 2 is 1.88 bits per heavy atom. The molecule has 6 nitrogen and oxygen atoms in total. The lowest BCUT2D eigenvalue weighted by molar-refractivity contribution is 0.0934. The van der Waals surface area contributed by atoms with E-state index in [1.54, 1.807) is 26.4 Å². The van der Waals surface area contributed by atoms with Crippen LogP contribution in [0.2, 0.25) is 0 Å². The number of amides is 1. The van der Waals surface area contributed by atoms with E-state index >= 15 is 0 Å². The third-order valence-electron chi connectivity index (χ3n) is 4.29. The number of carbonyl (C=O) groups is 1. The van der Waals surface area contributed by atoms with E-state index in [2.05, 4.69) is 9.88 Å². The third kappa shape index (κ3) is 3.55. The minimum Gasteiger partial charge on any atom is -0.496 e. The smallest absolute Gasteiger partial charge is 0.255 e. The fraction of sp³-hybridized carbons (Fsp3) is 0.300. The number of rotatable bonds is 7. The molecule has 1 amide bonds. The maximum Gasteiger partial charge on any atom is 0.255 e. The number of hydrogen-bond donors (Lipinski definition) is 1. The van der Waals surface area contributed by atoms with Crippen molar-refractivity contribution in [3.05, 3.63) is 59.9 Å². The minimum absolute atomic E-state index is 0.194. The third-order valence-corrected chi connectivity index (χ3v) is 4.29. The predicted octanol–water partition coefficient (Wildman–Crippen LogP) is 3.18. The van der Waals surface area contributed by atoms with Gasteiger partial charge in [0.25, 0.3) is 5.91 Å². The first-order valence-corrected chi connectivity index (χ1v) is 8.53. The molecule has 0 aliphatic carbocycles. The number of ether oxygens (including phenoxy) is 2. The highest BCUT2D eigenvalue weighted by Gasteiger charge is 2.20. The van der Waals surface area contributed by atoms with Crippen LogP contribution in [0.1, 0.15) is 29.1 Å². The molecule has 0 bridgehead atoms. The van der Waals surface area contributed by atoms with E-state index in [-0.39, 0.29) is 11.9 Å². The van der Waals surface area contributed by atoms with E-state index in [4.69, 9.17) is 14.5 Å². The molecule has 0 radical (unpaired) electrons. The van der Waals surface area contributed by atoms with Crippen LogP contribution >= 0.6 is 0 Å². The zero-order valence-corrected chi connectivity index (χ0v) is 15.2. The fourth-order valence-electron chi connectivity index (χ4n) is 3.01. The van der Waals surface area contributed by atoms with E-state index < -0.39 is 0 Å². The molecule has 6 heteroatoms.